The molecule has 0 N–H and O–H groups in total. The van der Waals surface area contributed by atoms with Crippen molar-refractivity contribution in [3.8, 4) is 0 Å². The van der Waals surface area contributed by atoms with Crippen molar-refractivity contribution in [2.24, 2.45) is 0 Å². The third kappa shape index (κ3) is 2.96. The molecule has 7 nitrogen and oxygen atoms in total. The number of ether oxygens (including phenoxy) is 1. The molecule has 0 spiro atoms. The minimum absolute atomic E-state index is 0.0191. The van der Waals surface area contributed by atoms with Crippen molar-refractivity contribution in [1.29, 1.82) is 0 Å². The van der Waals surface area contributed by atoms with E-state index in [1.54, 1.807) is 6.33 Å². The monoisotopic (exact) mass is 366 g/mol. The molecule has 2 aromatic rings. The predicted octanol–water partition coefficient (Wildman–Crippen LogP) is 1.56. The molecular formula is C16H19FN4O3S. The molecular weight excluding hydrogens is 347 g/mol. The summed E-state index contributed by atoms with van der Waals surface area (Å²) in [6, 6.07) is 5.44. The fraction of sp³-hybridized carbons (Fsp3) is 0.500. The number of aromatic nitrogens is 3. The molecule has 2 saturated heterocycles. The highest BCUT2D eigenvalue weighted by Crippen LogP contribution is 2.33. The molecule has 4 rings (SSSR count). The number of benzene rings is 1. The Balaban J connectivity index is 1.49. The predicted molar refractivity (Wildman–Crippen MR) is 87.0 cm³/mol. The van der Waals surface area contributed by atoms with Gasteiger partial charge in [-0.25, -0.2) is 12.8 Å². The second-order valence-electron chi connectivity index (χ2n) is 6.39. The smallest absolute Gasteiger partial charge is 0.246 e. The van der Waals surface area contributed by atoms with Crippen LogP contribution >= 0.6 is 0 Å². The molecule has 0 bridgehead atoms. The first-order chi connectivity index (χ1) is 12.1. The Labute approximate surface area is 145 Å². The summed E-state index contributed by atoms with van der Waals surface area (Å²) in [6.07, 6.45) is 3.44. The molecule has 134 valence electrons. The van der Waals surface area contributed by atoms with Gasteiger partial charge in [-0.05, 0) is 25.0 Å². The molecule has 0 unspecified atom stereocenters. The van der Waals surface area contributed by atoms with Gasteiger partial charge in [0, 0.05) is 32.2 Å². The average molecular weight is 366 g/mol. The van der Waals surface area contributed by atoms with Crippen molar-refractivity contribution in [2.75, 3.05) is 26.3 Å². The minimum atomic E-state index is -3.81. The third-order valence-electron chi connectivity index (χ3n) is 4.86. The van der Waals surface area contributed by atoms with Crippen molar-refractivity contribution in [2.45, 2.75) is 29.7 Å². The number of rotatable bonds is 4. The SMILES string of the molecule is O=S(=O)(c1ccccc1F)N1CC(n2cnnc2C2CCOCC2)C1. The Bertz CT molecular complexity index is 858. The number of halogens is 1. The van der Waals surface area contributed by atoms with Crippen LogP contribution in [0.4, 0.5) is 4.39 Å². The zero-order chi connectivity index (χ0) is 17.4. The van der Waals surface area contributed by atoms with Crippen LogP contribution in [-0.2, 0) is 14.8 Å². The number of nitrogens with zero attached hydrogens (tertiary/aromatic N) is 4. The van der Waals surface area contributed by atoms with E-state index in [9.17, 15) is 12.8 Å². The molecule has 3 heterocycles. The average Bonchev–Trinajstić information content (AvgIpc) is 3.03. The molecule has 0 amide bonds. The van der Waals surface area contributed by atoms with Crippen LogP contribution in [0, 0.1) is 5.82 Å². The summed E-state index contributed by atoms with van der Waals surface area (Å²) in [5, 5.41) is 8.24. The highest BCUT2D eigenvalue weighted by atomic mass is 32.2. The quantitative estimate of drug-likeness (QED) is 0.821. The topological polar surface area (TPSA) is 77.3 Å². The first-order valence-electron chi connectivity index (χ1n) is 8.29. The van der Waals surface area contributed by atoms with E-state index in [1.165, 1.54) is 22.5 Å². The first-order valence-corrected chi connectivity index (χ1v) is 9.73. The van der Waals surface area contributed by atoms with Crippen LogP contribution < -0.4 is 0 Å². The van der Waals surface area contributed by atoms with Gasteiger partial charge in [0.1, 0.15) is 22.9 Å². The van der Waals surface area contributed by atoms with Crippen molar-refractivity contribution in [3.63, 3.8) is 0 Å². The van der Waals surface area contributed by atoms with Gasteiger partial charge in [-0.3, -0.25) is 0 Å². The Morgan fingerprint density at radius 2 is 1.88 bits per heavy atom. The maximum Gasteiger partial charge on any atom is 0.246 e. The van der Waals surface area contributed by atoms with E-state index in [2.05, 4.69) is 10.2 Å². The summed E-state index contributed by atoms with van der Waals surface area (Å²) in [5.74, 6) is 0.447. The van der Waals surface area contributed by atoms with Crippen LogP contribution in [0.25, 0.3) is 0 Å². The van der Waals surface area contributed by atoms with Crippen LogP contribution in [0.3, 0.4) is 0 Å². The van der Waals surface area contributed by atoms with Gasteiger partial charge in [0.05, 0.1) is 6.04 Å². The van der Waals surface area contributed by atoms with Crippen molar-refractivity contribution < 1.29 is 17.5 Å². The summed E-state index contributed by atoms with van der Waals surface area (Å²) in [5.41, 5.74) is 0. The normalized spacial score (nSPS) is 20.5. The molecule has 1 aromatic heterocycles. The van der Waals surface area contributed by atoms with Crippen LogP contribution in [0.15, 0.2) is 35.5 Å². The van der Waals surface area contributed by atoms with E-state index in [0.717, 1.165) is 24.7 Å². The number of hydrogen-bond donors (Lipinski definition) is 0. The van der Waals surface area contributed by atoms with Gasteiger partial charge in [0.25, 0.3) is 0 Å². The van der Waals surface area contributed by atoms with E-state index < -0.39 is 15.8 Å². The Morgan fingerprint density at radius 3 is 2.60 bits per heavy atom. The minimum Gasteiger partial charge on any atom is -0.381 e. The molecule has 0 radical (unpaired) electrons. The zero-order valence-corrected chi connectivity index (χ0v) is 14.4. The summed E-state index contributed by atoms with van der Waals surface area (Å²) < 4.78 is 47.6. The zero-order valence-electron chi connectivity index (χ0n) is 13.6. The lowest BCUT2D eigenvalue weighted by molar-refractivity contribution is 0.0811. The second kappa shape index (κ2) is 6.47. The molecule has 2 aliphatic heterocycles. The number of hydrogen-bond acceptors (Lipinski definition) is 5. The Kier molecular flexibility index (Phi) is 4.30. The summed E-state index contributed by atoms with van der Waals surface area (Å²) in [6.45, 7) is 2.00. The number of sulfonamides is 1. The summed E-state index contributed by atoms with van der Waals surface area (Å²) >= 11 is 0. The highest BCUT2D eigenvalue weighted by Gasteiger charge is 2.40. The lowest BCUT2D eigenvalue weighted by Gasteiger charge is -2.39. The van der Waals surface area contributed by atoms with Crippen LogP contribution in [0.5, 0.6) is 0 Å². The molecule has 1 aromatic carbocycles. The summed E-state index contributed by atoms with van der Waals surface area (Å²) in [4.78, 5) is -0.276. The van der Waals surface area contributed by atoms with Gasteiger partial charge < -0.3 is 9.30 Å². The van der Waals surface area contributed by atoms with Gasteiger partial charge in [-0.2, -0.15) is 4.31 Å². The van der Waals surface area contributed by atoms with E-state index in [4.69, 9.17) is 4.74 Å². The fourth-order valence-electron chi connectivity index (χ4n) is 3.36. The fourth-order valence-corrected chi connectivity index (χ4v) is 4.94. The third-order valence-corrected chi connectivity index (χ3v) is 6.73. The molecule has 2 aliphatic rings. The van der Waals surface area contributed by atoms with Gasteiger partial charge in [0.2, 0.25) is 10.0 Å². The standard InChI is InChI=1S/C16H19FN4O3S/c17-14-3-1-2-4-15(14)25(22,23)20-9-13(10-20)21-11-18-19-16(21)12-5-7-24-8-6-12/h1-4,11-13H,5-10H2. The largest absolute Gasteiger partial charge is 0.381 e. The van der Waals surface area contributed by atoms with Crippen LogP contribution in [0.1, 0.15) is 30.6 Å². The maximum absolute atomic E-state index is 13.8. The van der Waals surface area contributed by atoms with Gasteiger partial charge in [0.15, 0.2) is 0 Å². The molecule has 0 atom stereocenters. The lowest BCUT2D eigenvalue weighted by Crippen LogP contribution is -2.51. The maximum atomic E-state index is 13.8. The van der Waals surface area contributed by atoms with Crippen LogP contribution in [0.2, 0.25) is 0 Å². The summed E-state index contributed by atoms with van der Waals surface area (Å²) in [7, 11) is -3.81. The second-order valence-corrected chi connectivity index (χ2v) is 8.30. The first kappa shape index (κ1) is 16.6. The van der Waals surface area contributed by atoms with E-state index in [-0.39, 0.29) is 16.9 Å². The molecule has 25 heavy (non-hydrogen) atoms. The van der Waals surface area contributed by atoms with E-state index in [0.29, 0.717) is 26.3 Å². The molecule has 0 aliphatic carbocycles. The molecule has 2 fully saturated rings. The molecule has 9 heteroatoms. The van der Waals surface area contributed by atoms with E-state index >= 15 is 0 Å². The van der Waals surface area contributed by atoms with Crippen molar-refractivity contribution in [1.82, 2.24) is 19.1 Å². The Morgan fingerprint density at radius 1 is 1.16 bits per heavy atom. The van der Waals surface area contributed by atoms with Crippen molar-refractivity contribution >= 4 is 10.0 Å². The van der Waals surface area contributed by atoms with E-state index in [1.807, 2.05) is 4.57 Å². The lowest BCUT2D eigenvalue weighted by atomic mass is 9.98. The van der Waals surface area contributed by atoms with Gasteiger partial charge >= 0.3 is 0 Å². The van der Waals surface area contributed by atoms with Crippen LogP contribution in [-0.4, -0.2) is 53.8 Å². The highest BCUT2D eigenvalue weighted by molar-refractivity contribution is 7.89. The Hall–Kier alpha value is -1.84. The van der Waals surface area contributed by atoms with Gasteiger partial charge in [-0.15, -0.1) is 10.2 Å². The van der Waals surface area contributed by atoms with Gasteiger partial charge in [-0.1, -0.05) is 12.1 Å². The molecule has 0 saturated carbocycles. The van der Waals surface area contributed by atoms with Crippen molar-refractivity contribution in [3.05, 3.63) is 42.2 Å².